The molecule has 1 aliphatic rings. The summed E-state index contributed by atoms with van der Waals surface area (Å²) >= 11 is 0. The summed E-state index contributed by atoms with van der Waals surface area (Å²) in [5.74, 6) is -0.571. The third-order valence-corrected chi connectivity index (χ3v) is 4.03. The molecule has 0 aliphatic carbocycles. The van der Waals surface area contributed by atoms with Crippen LogP contribution >= 0.6 is 0 Å². The molecule has 1 aliphatic heterocycles. The zero-order valence-corrected chi connectivity index (χ0v) is 12.1. The Bertz CT molecular complexity index is 506. The molecule has 0 saturated heterocycles. The Morgan fingerprint density at radius 3 is 2.95 bits per heavy atom. The van der Waals surface area contributed by atoms with E-state index in [1.54, 1.807) is 6.07 Å². The van der Waals surface area contributed by atoms with Crippen molar-refractivity contribution in [1.29, 1.82) is 0 Å². The van der Waals surface area contributed by atoms with Crippen LogP contribution in [0.15, 0.2) is 18.2 Å². The highest BCUT2D eigenvalue weighted by atomic mass is 19.1. The molecule has 0 saturated carbocycles. The quantitative estimate of drug-likeness (QED) is 0.828. The van der Waals surface area contributed by atoms with E-state index in [9.17, 15) is 9.18 Å². The van der Waals surface area contributed by atoms with Crippen molar-refractivity contribution in [3.63, 3.8) is 0 Å². The van der Waals surface area contributed by atoms with Crippen molar-refractivity contribution in [3.05, 3.63) is 29.6 Å². The summed E-state index contributed by atoms with van der Waals surface area (Å²) in [7, 11) is 0. The lowest BCUT2D eigenvalue weighted by molar-refractivity contribution is -0.124. The summed E-state index contributed by atoms with van der Waals surface area (Å²) in [6.45, 7) is 6.00. The SMILES string of the molecule is CCNC(C)(CCN1CCc2ccc(F)cc21)C(N)=O. The number of benzene rings is 1. The Labute approximate surface area is 119 Å². The van der Waals surface area contributed by atoms with Crippen LogP contribution in [0.5, 0.6) is 0 Å². The fourth-order valence-electron chi connectivity index (χ4n) is 2.70. The van der Waals surface area contributed by atoms with Gasteiger partial charge in [-0.25, -0.2) is 4.39 Å². The molecule has 0 spiro atoms. The van der Waals surface area contributed by atoms with Crippen LogP contribution in [-0.2, 0) is 11.2 Å². The molecule has 5 heteroatoms. The van der Waals surface area contributed by atoms with Crippen molar-refractivity contribution in [2.45, 2.75) is 32.2 Å². The van der Waals surface area contributed by atoms with Crippen molar-refractivity contribution >= 4 is 11.6 Å². The van der Waals surface area contributed by atoms with Crippen molar-refractivity contribution < 1.29 is 9.18 Å². The fourth-order valence-corrected chi connectivity index (χ4v) is 2.70. The third-order valence-electron chi connectivity index (χ3n) is 4.03. The zero-order valence-electron chi connectivity index (χ0n) is 12.1. The number of hydrogen-bond donors (Lipinski definition) is 2. The van der Waals surface area contributed by atoms with Crippen LogP contribution in [0.2, 0.25) is 0 Å². The lowest BCUT2D eigenvalue weighted by Gasteiger charge is -2.30. The molecule has 3 N–H and O–H groups in total. The van der Waals surface area contributed by atoms with E-state index in [0.717, 1.165) is 24.2 Å². The Kier molecular flexibility index (Phi) is 4.28. The van der Waals surface area contributed by atoms with Gasteiger partial charge in [-0.15, -0.1) is 0 Å². The standard InChI is InChI=1S/C15H22FN3O/c1-3-18-15(2,14(17)20)7-9-19-8-6-11-4-5-12(16)10-13(11)19/h4-5,10,18H,3,6-9H2,1-2H3,(H2,17,20). The first-order valence-electron chi connectivity index (χ1n) is 7.04. The minimum atomic E-state index is -0.717. The van der Waals surface area contributed by atoms with Crippen LogP contribution < -0.4 is 16.0 Å². The highest BCUT2D eigenvalue weighted by Gasteiger charge is 2.31. The zero-order chi connectivity index (χ0) is 14.8. The van der Waals surface area contributed by atoms with Gasteiger partial charge in [0.1, 0.15) is 5.82 Å². The first kappa shape index (κ1) is 14.8. The average Bonchev–Trinajstić information content (AvgIpc) is 2.79. The number of nitrogens with zero attached hydrogens (tertiary/aromatic N) is 1. The molecule has 2 rings (SSSR count). The predicted octanol–water partition coefficient (Wildman–Crippen LogP) is 1.43. The molecule has 4 nitrogen and oxygen atoms in total. The van der Waals surface area contributed by atoms with E-state index in [2.05, 4.69) is 10.2 Å². The van der Waals surface area contributed by atoms with Crippen molar-refractivity contribution in [2.24, 2.45) is 5.73 Å². The number of nitrogens with two attached hydrogens (primary N) is 1. The molecule has 1 atom stereocenters. The maximum atomic E-state index is 13.3. The van der Waals surface area contributed by atoms with Crippen LogP contribution in [-0.4, -0.2) is 31.1 Å². The molecule has 20 heavy (non-hydrogen) atoms. The molecule has 1 amide bonds. The lowest BCUT2D eigenvalue weighted by atomic mass is 9.96. The molecule has 1 unspecified atom stereocenters. The molecule has 1 aromatic carbocycles. The number of anilines is 1. The van der Waals surface area contributed by atoms with Gasteiger partial charge in [-0.1, -0.05) is 13.0 Å². The molecule has 1 heterocycles. The second-order valence-corrected chi connectivity index (χ2v) is 5.49. The van der Waals surface area contributed by atoms with Gasteiger partial charge in [-0.3, -0.25) is 4.79 Å². The summed E-state index contributed by atoms with van der Waals surface area (Å²) in [5, 5.41) is 3.14. The molecule has 1 aromatic rings. The van der Waals surface area contributed by atoms with E-state index in [1.165, 1.54) is 6.07 Å². The molecule has 0 aromatic heterocycles. The highest BCUT2D eigenvalue weighted by molar-refractivity contribution is 5.84. The molecule has 110 valence electrons. The smallest absolute Gasteiger partial charge is 0.237 e. The Morgan fingerprint density at radius 1 is 1.55 bits per heavy atom. The van der Waals surface area contributed by atoms with Gasteiger partial charge in [0.15, 0.2) is 0 Å². The molecular formula is C15H22FN3O. The van der Waals surface area contributed by atoms with Crippen molar-refractivity contribution in [2.75, 3.05) is 24.5 Å². The Balaban J connectivity index is 2.06. The van der Waals surface area contributed by atoms with Gasteiger partial charge in [0.2, 0.25) is 5.91 Å². The number of rotatable bonds is 6. The largest absolute Gasteiger partial charge is 0.371 e. The van der Waals surface area contributed by atoms with E-state index in [4.69, 9.17) is 5.73 Å². The van der Waals surface area contributed by atoms with E-state index < -0.39 is 5.54 Å². The van der Waals surface area contributed by atoms with E-state index in [-0.39, 0.29) is 11.7 Å². The number of halogens is 1. The number of hydrogen-bond acceptors (Lipinski definition) is 3. The van der Waals surface area contributed by atoms with Gasteiger partial charge in [-0.2, -0.15) is 0 Å². The summed E-state index contributed by atoms with van der Waals surface area (Å²) < 4.78 is 13.3. The molecular weight excluding hydrogens is 257 g/mol. The Hall–Kier alpha value is -1.62. The van der Waals surface area contributed by atoms with Gasteiger partial charge >= 0.3 is 0 Å². The normalized spacial score (nSPS) is 16.9. The van der Waals surface area contributed by atoms with Gasteiger partial charge in [0.25, 0.3) is 0 Å². The van der Waals surface area contributed by atoms with Crippen LogP contribution in [0.4, 0.5) is 10.1 Å². The van der Waals surface area contributed by atoms with E-state index in [0.29, 0.717) is 19.5 Å². The number of likely N-dealkylation sites (N-methyl/N-ethyl adjacent to an activating group) is 1. The summed E-state index contributed by atoms with van der Waals surface area (Å²) in [4.78, 5) is 13.7. The average molecular weight is 279 g/mol. The second-order valence-electron chi connectivity index (χ2n) is 5.49. The van der Waals surface area contributed by atoms with Gasteiger partial charge in [0, 0.05) is 18.8 Å². The Morgan fingerprint density at radius 2 is 2.30 bits per heavy atom. The number of primary amides is 1. The monoisotopic (exact) mass is 279 g/mol. The third kappa shape index (κ3) is 2.93. The van der Waals surface area contributed by atoms with E-state index in [1.807, 2.05) is 19.9 Å². The topological polar surface area (TPSA) is 58.4 Å². The van der Waals surface area contributed by atoms with Crippen molar-refractivity contribution in [1.82, 2.24) is 5.32 Å². The number of amides is 1. The lowest BCUT2D eigenvalue weighted by Crippen LogP contribution is -2.54. The molecule has 0 bridgehead atoms. The fraction of sp³-hybridized carbons (Fsp3) is 0.533. The van der Waals surface area contributed by atoms with Gasteiger partial charge in [0.05, 0.1) is 5.54 Å². The van der Waals surface area contributed by atoms with Crippen LogP contribution in [0.25, 0.3) is 0 Å². The highest BCUT2D eigenvalue weighted by Crippen LogP contribution is 2.29. The first-order chi connectivity index (χ1) is 9.46. The second kappa shape index (κ2) is 5.79. The minimum absolute atomic E-state index is 0.222. The van der Waals surface area contributed by atoms with Crippen molar-refractivity contribution in [3.8, 4) is 0 Å². The van der Waals surface area contributed by atoms with Crippen LogP contribution in [0.1, 0.15) is 25.8 Å². The van der Waals surface area contributed by atoms with Crippen LogP contribution in [0.3, 0.4) is 0 Å². The number of fused-ring (bicyclic) bond motifs is 1. The van der Waals surface area contributed by atoms with Gasteiger partial charge in [-0.05, 0) is 44.0 Å². The summed E-state index contributed by atoms with van der Waals surface area (Å²) in [6, 6.07) is 4.90. The number of carbonyl (C=O) groups is 1. The number of nitrogens with one attached hydrogen (secondary N) is 1. The maximum Gasteiger partial charge on any atom is 0.237 e. The molecule has 0 fully saturated rings. The molecule has 0 radical (unpaired) electrons. The number of carbonyl (C=O) groups excluding carboxylic acids is 1. The van der Waals surface area contributed by atoms with E-state index >= 15 is 0 Å². The summed E-state index contributed by atoms with van der Waals surface area (Å²) in [6.07, 6.45) is 1.52. The maximum absolute atomic E-state index is 13.3. The summed E-state index contributed by atoms with van der Waals surface area (Å²) in [5.41, 5.74) is 6.86. The minimum Gasteiger partial charge on any atom is -0.371 e. The first-order valence-corrected chi connectivity index (χ1v) is 7.04. The van der Waals surface area contributed by atoms with Gasteiger partial charge < -0.3 is 16.0 Å². The predicted molar refractivity (Wildman–Crippen MR) is 78.2 cm³/mol. The van der Waals surface area contributed by atoms with Crippen LogP contribution in [0, 0.1) is 5.82 Å².